The summed E-state index contributed by atoms with van der Waals surface area (Å²) in [5.41, 5.74) is 4.97. The third kappa shape index (κ3) is 7.99. The molecule has 1 atom stereocenters. The molecular formula is C10H20N2O2. The molecule has 0 aromatic heterocycles. The molecule has 0 aromatic rings. The van der Waals surface area contributed by atoms with Crippen LogP contribution < -0.4 is 5.73 Å². The molecule has 0 heterocycles. The topological polar surface area (TPSA) is 68.3 Å². The fourth-order valence-electron chi connectivity index (χ4n) is 0.997. The molecule has 0 amide bonds. The Hall–Kier alpha value is -0.630. The van der Waals surface area contributed by atoms with Crippen LogP contribution >= 0.6 is 0 Å². The standard InChI is InChI=1S/C10H20N2O2/c1-10(12,9-11)5-3-4-6-14-8-7-13-2/h3-8,12H2,1-2H3. The average molecular weight is 200 g/mol. The Kier molecular flexibility index (Phi) is 7.40. The van der Waals surface area contributed by atoms with E-state index in [0.717, 1.165) is 19.3 Å². The molecule has 14 heavy (non-hydrogen) atoms. The van der Waals surface area contributed by atoms with Gasteiger partial charge in [0.15, 0.2) is 0 Å². The number of nitriles is 1. The first-order valence-corrected chi connectivity index (χ1v) is 4.89. The molecule has 0 aliphatic carbocycles. The van der Waals surface area contributed by atoms with Crippen molar-refractivity contribution in [2.45, 2.75) is 31.7 Å². The van der Waals surface area contributed by atoms with Gasteiger partial charge < -0.3 is 15.2 Å². The molecule has 2 N–H and O–H groups in total. The quantitative estimate of drug-likeness (QED) is 0.595. The summed E-state index contributed by atoms with van der Waals surface area (Å²) in [5, 5.41) is 8.64. The number of unbranched alkanes of at least 4 members (excludes halogenated alkanes) is 1. The summed E-state index contributed by atoms with van der Waals surface area (Å²) in [5.74, 6) is 0. The van der Waals surface area contributed by atoms with Crippen molar-refractivity contribution in [1.82, 2.24) is 0 Å². The maximum atomic E-state index is 8.64. The number of ether oxygens (including phenoxy) is 2. The maximum absolute atomic E-state index is 8.64. The summed E-state index contributed by atoms with van der Waals surface area (Å²) in [6.07, 6.45) is 2.59. The molecule has 0 saturated carbocycles. The molecule has 0 aliphatic rings. The van der Waals surface area contributed by atoms with Gasteiger partial charge in [0.25, 0.3) is 0 Å². The van der Waals surface area contributed by atoms with Gasteiger partial charge in [0.05, 0.1) is 19.3 Å². The van der Waals surface area contributed by atoms with Crippen molar-refractivity contribution in [2.24, 2.45) is 5.73 Å². The van der Waals surface area contributed by atoms with Crippen molar-refractivity contribution in [2.75, 3.05) is 26.9 Å². The van der Waals surface area contributed by atoms with Gasteiger partial charge in [-0.05, 0) is 26.2 Å². The van der Waals surface area contributed by atoms with E-state index in [0.29, 0.717) is 19.8 Å². The first-order valence-electron chi connectivity index (χ1n) is 4.89. The summed E-state index contributed by atoms with van der Waals surface area (Å²) in [6, 6.07) is 2.07. The molecule has 0 saturated heterocycles. The van der Waals surface area contributed by atoms with E-state index >= 15 is 0 Å². The summed E-state index contributed by atoms with van der Waals surface area (Å²) >= 11 is 0. The average Bonchev–Trinajstić information content (AvgIpc) is 2.16. The molecule has 0 bridgehead atoms. The van der Waals surface area contributed by atoms with Gasteiger partial charge >= 0.3 is 0 Å². The second-order valence-corrected chi connectivity index (χ2v) is 3.59. The molecule has 82 valence electrons. The van der Waals surface area contributed by atoms with Crippen LogP contribution in [0, 0.1) is 11.3 Å². The van der Waals surface area contributed by atoms with E-state index in [2.05, 4.69) is 6.07 Å². The highest BCUT2D eigenvalue weighted by atomic mass is 16.5. The fourth-order valence-corrected chi connectivity index (χ4v) is 0.997. The van der Waals surface area contributed by atoms with E-state index in [1.165, 1.54) is 0 Å². The predicted molar refractivity (Wildman–Crippen MR) is 54.8 cm³/mol. The van der Waals surface area contributed by atoms with Crippen molar-refractivity contribution in [3.63, 3.8) is 0 Å². The Labute approximate surface area is 86.0 Å². The summed E-state index contributed by atoms with van der Waals surface area (Å²) in [7, 11) is 1.65. The smallest absolute Gasteiger partial charge is 0.101 e. The molecule has 0 fully saturated rings. The highest BCUT2D eigenvalue weighted by Gasteiger charge is 2.15. The summed E-state index contributed by atoms with van der Waals surface area (Å²) < 4.78 is 10.1. The Balaban J connectivity index is 3.18. The fraction of sp³-hybridized carbons (Fsp3) is 0.900. The molecule has 0 aromatic carbocycles. The summed E-state index contributed by atoms with van der Waals surface area (Å²) in [6.45, 7) is 3.73. The zero-order chi connectivity index (χ0) is 10.9. The van der Waals surface area contributed by atoms with Crippen LogP contribution in [0.4, 0.5) is 0 Å². The monoisotopic (exact) mass is 200 g/mol. The van der Waals surface area contributed by atoms with Gasteiger partial charge in [-0.2, -0.15) is 5.26 Å². The van der Waals surface area contributed by atoms with E-state index in [4.69, 9.17) is 20.5 Å². The molecule has 0 spiro atoms. The van der Waals surface area contributed by atoms with E-state index in [1.807, 2.05) is 0 Å². The number of hydrogen-bond acceptors (Lipinski definition) is 4. The Bertz CT molecular complexity index is 175. The van der Waals surface area contributed by atoms with Crippen molar-refractivity contribution < 1.29 is 9.47 Å². The van der Waals surface area contributed by atoms with Crippen LogP contribution in [0.3, 0.4) is 0 Å². The molecule has 4 heteroatoms. The van der Waals surface area contributed by atoms with Crippen molar-refractivity contribution in [1.29, 1.82) is 5.26 Å². The largest absolute Gasteiger partial charge is 0.382 e. The lowest BCUT2D eigenvalue weighted by Crippen LogP contribution is -2.33. The Morgan fingerprint density at radius 2 is 2.00 bits per heavy atom. The lowest BCUT2D eigenvalue weighted by atomic mass is 9.98. The predicted octanol–water partition coefficient (Wildman–Crippen LogP) is 1.06. The third-order valence-electron chi connectivity index (χ3n) is 1.92. The minimum Gasteiger partial charge on any atom is -0.382 e. The van der Waals surface area contributed by atoms with E-state index in [1.54, 1.807) is 14.0 Å². The SMILES string of the molecule is COCCOCCCCC(C)(N)C#N. The minimum absolute atomic E-state index is 0.632. The minimum atomic E-state index is -0.688. The molecule has 1 unspecified atom stereocenters. The lowest BCUT2D eigenvalue weighted by molar-refractivity contribution is 0.0683. The van der Waals surface area contributed by atoms with Crippen LogP contribution in [-0.2, 0) is 9.47 Å². The van der Waals surface area contributed by atoms with Gasteiger partial charge in [0, 0.05) is 13.7 Å². The first-order chi connectivity index (χ1) is 6.62. The molecule has 4 nitrogen and oxygen atoms in total. The van der Waals surface area contributed by atoms with Crippen LogP contribution in [0.1, 0.15) is 26.2 Å². The van der Waals surface area contributed by atoms with Gasteiger partial charge in [0.1, 0.15) is 5.54 Å². The normalized spacial score (nSPS) is 14.7. The highest BCUT2D eigenvalue weighted by molar-refractivity contribution is 5.00. The van der Waals surface area contributed by atoms with E-state index < -0.39 is 5.54 Å². The van der Waals surface area contributed by atoms with Crippen LogP contribution in [0.5, 0.6) is 0 Å². The Morgan fingerprint density at radius 3 is 2.57 bits per heavy atom. The van der Waals surface area contributed by atoms with Gasteiger partial charge in [0.2, 0.25) is 0 Å². The van der Waals surface area contributed by atoms with Crippen LogP contribution in [0.2, 0.25) is 0 Å². The van der Waals surface area contributed by atoms with E-state index in [9.17, 15) is 0 Å². The molecular weight excluding hydrogens is 180 g/mol. The summed E-state index contributed by atoms with van der Waals surface area (Å²) in [4.78, 5) is 0. The third-order valence-corrected chi connectivity index (χ3v) is 1.92. The van der Waals surface area contributed by atoms with E-state index in [-0.39, 0.29) is 0 Å². The van der Waals surface area contributed by atoms with Gasteiger partial charge in [-0.3, -0.25) is 0 Å². The number of rotatable bonds is 8. The number of methoxy groups -OCH3 is 1. The number of hydrogen-bond donors (Lipinski definition) is 1. The highest BCUT2D eigenvalue weighted by Crippen LogP contribution is 2.08. The first kappa shape index (κ1) is 13.4. The van der Waals surface area contributed by atoms with Crippen molar-refractivity contribution in [3.05, 3.63) is 0 Å². The van der Waals surface area contributed by atoms with Crippen LogP contribution in [0.15, 0.2) is 0 Å². The molecule has 0 aliphatic heterocycles. The molecule has 0 rings (SSSR count). The van der Waals surface area contributed by atoms with Crippen LogP contribution in [-0.4, -0.2) is 32.5 Å². The van der Waals surface area contributed by atoms with Crippen molar-refractivity contribution >= 4 is 0 Å². The number of nitrogens with zero attached hydrogens (tertiary/aromatic N) is 1. The van der Waals surface area contributed by atoms with Gasteiger partial charge in [-0.1, -0.05) is 0 Å². The second-order valence-electron chi connectivity index (χ2n) is 3.59. The number of nitrogens with two attached hydrogens (primary N) is 1. The van der Waals surface area contributed by atoms with Gasteiger partial charge in [-0.15, -0.1) is 0 Å². The molecule has 0 radical (unpaired) electrons. The zero-order valence-electron chi connectivity index (χ0n) is 9.08. The van der Waals surface area contributed by atoms with Gasteiger partial charge in [-0.25, -0.2) is 0 Å². The maximum Gasteiger partial charge on any atom is 0.101 e. The van der Waals surface area contributed by atoms with Crippen LogP contribution in [0.25, 0.3) is 0 Å². The zero-order valence-corrected chi connectivity index (χ0v) is 9.08. The van der Waals surface area contributed by atoms with Crippen molar-refractivity contribution in [3.8, 4) is 6.07 Å². The Morgan fingerprint density at radius 1 is 1.29 bits per heavy atom. The second kappa shape index (κ2) is 7.74. The lowest BCUT2D eigenvalue weighted by Gasteiger charge is -2.14.